The monoisotopic (exact) mass is 244 g/mol. The Kier molecular flexibility index (Phi) is 5.94. The van der Waals surface area contributed by atoms with Crippen LogP contribution in [0, 0.1) is 5.41 Å². The molecule has 0 fully saturated rings. The van der Waals surface area contributed by atoms with Crippen LogP contribution < -0.4 is 5.73 Å². The average molecular weight is 244 g/mol. The van der Waals surface area contributed by atoms with Crippen LogP contribution in [0.15, 0.2) is 0 Å². The van der Waals surface area contributed by atoms with Crippen molar-refractivity contribution >= 4 is 23.1 Å². The van der Waals surface area contributed by atoms with Gasteiger partial charge in [-0.15, -0.1) is 0 Å². The minimum atomic E-state index is -0.700. The summed E-state index contributed by atoms with van der Waals surface area (Å²) in [4.78, 5) is 14.6. The first-order chi connectivity index (χ1) is 7.34. The van der Waals surface area contributed by atoms with Crippen molar-refractivity contribution in [1.29, 1.82) is 0 Å². The zero-order valence-electron chi connectivity index (χ0n) is 11.0. The Morgan fingerprint density at radius 3 is 2.19 bits per heavy atom. The molecule has 2 unspecified atom stereocenters. The highest BCUT2D eigenvalue weighted by Gasteiger charge is 2.38. The van der Waals surface area contributed by atoms with Crippen LogP contribution in [-0.2, 0) is 4.79 Å². The Balaban J connectivity index is 5.06. The minimum absolute atomic E-state index is 0.0550. The van der Waals surface area contributed by atoms with Crippen molar-refractivity contribution in [2.75, 3.05) is 6.54 Å². The molecule has 0 spiro atoms. The van der Waals surface area contributed by atoms with Crippen LogP contribution in [0.3, 0.4) is 0 Å². The number of nitrogens with two attached hydrogens (primary N) is 1. The van der Waals surface area contributed by atoms with Crippen molar-refractivity contribution in [2.45, 2.75) is 53.5 Å². The maximum atomic E-state index is 12.4. The van der Waals surface area contributed by atoms with E-state index in [0.29, 0.717) is 18.0 Å². The SMILES string of the molecule is CCC(C)N(CC)C(=O)C(C)(CC)C(N)=S. The van der Waals surface area contributed by atoms with Crippen molar-refractivity contribution in [1.82, 2.24) is 4.90 Å². The van der Waals surface area contributed by atoms with E-state index in [0.717, 1.165) is 6.42 Å². The second kappa shape index (κ2) is 6.18. The van der Waals surface area contributed by atoms with Crippen LogP contribution in [0.2, 0.25) is 0 Å². The quantitative estimate of drug-likeness (QED) is 0.729. The van der Waals surface area contributed by atoms with Gasteiger partial charge in [0.25, 0.3) is 0 Å². The average Bonchev–Trinajstić information content (AvgIpc) is 2.27. The summed E-state index contributed by atoms with van der Waals surface area (Å²) in [6.45, 7) is 10.6. The smallest absolute Gasteiger partial charge is 0.235 e. The molecule has 0 aromatic rings. The van der Waals surface area contributed by atoms with Gasteiger partial charge in [-0.05, 0) is 33.6 Å². The maximum absolute atomic E-state index is 12.4. The molecule has 2 atom stereocenters. The second-order valence-electron chi connectivity index (χ2n) is 4.40. The van der Waals surface area contributed by atoms with Crippen LogP contribution in [0.25, 0.3) is 0 Å². The molecule has 4 heteroatoms. The number of carbonyl (C=O) groups is 1. The van der Waals surface area contributed by atoms with Crippen LogP contribution >= 0.6 is 12.2 Å². The number of amides is 1. The summed E-state index contributed by atoms with van der Waals surface area (Å²) in [5.74, 6) is 0.0550. The number of nitrogens with zero attached hydrogens (tertiary/aromatic N) is 1. The second-order valence-corrected chi connectivity index (χ2v) is 4.84. The molecular formula is C12H24N2OS. The molecule has 0 heterocycles. The van der Waals surface area contributed by atoms with E-state index in [-0.39, 0.29) is 11.9 Å². The number of rotatable bonds is 6. The number of hydrogen-bond acceptors (Lipinski definition) is 2. The molecular weight excluding hydrogens is 220 g/mol. The highest BCUT2D eigenvalue weighted by atomic mass is 32.1. The molecule has 0 radical (unpaired) electrons. The van der Waals surface area contributed by atoms with E-state index in [1.54, 1.807) is 0 Å². The lowest BCUT2D eigenvalue weighted by Gasteiger charge is -2.36. The summed E-state index contributed by atoms with van der Waals surface area (Å²) < 4.78 is 0. The van der Waals surface area contributed by atoms with Gasteiger partial charge in [0.2, 0.25) is 5.91 Å². The van der Waals surface area contributed by atoms with Gasteiger partial charge in [0.1, 0.15) is 0 Å². The first-order valence-corrected chi connectivity index (χ1v) is 6.36. The molecule has 0 aromatic carbocycles. The Bertz CT molecular complexity index is 268. The zero-order valence-corrected chi connectivity index (χ0v) is 11.9. The predicted octanol–water partition coefficient (Wildman–Crippen LogP) is 2.34. The molecule has 0 aliphatic carbocycles. The summed E-state index contributed by atoms with van der Waals surface area (Å²) in [7, 11) is 0. The molecule has 3 nitrogen and oxygen atoms in total. The zero-order chi connectivity index (χ0) is 12.9. The maximum Gasteiger partial charge on any atom is 0.235 e. The molecule has 0 rings (SSSR count). The molecule has 16 heavy (non-hydrogen) atoms. The van der Waals surface area contributed by atoms with Gasteiger partial charge in [0.05, 0.1) is 10.4 Å². The lowest BCUT2D eigenvalue weighted by Crippen LogP contribution is -2.51. The fourth-order valence-electron chi connectivity index (χ4n) is 1.62. The molecule has 0 aromatic heterocycles. The minimum Gasteiger partial charge on any atom is -0.392 e. The molecule has 0 aliphatic heterocycles. The van der Waals surface area contributed by atoms with Gasteiger partial charge in [0.15, 0.2) is 0 Å². The van der Waals surface area contributed by atoms with E-state index in [1.807, 2.05) is 25.7 Å². The molecule has 0 bridgehead atoms. The molecule has 0 saturated carbocycles. The van der Waals surface area contributed by atoms with Crippen molar-refractivity contribution in [3.8, 4) is 0 Å². The molecule has 0 saturated heterocycles. The fourth-order valence-corrected chi connectivity index (χ4v) is 1.86. The third kappa shape index (κ3) is 2.94. The largest absolute Gasteiger partial charge is 0.392 e. The topological polar surface area (TPSA) is 46.3 Å². The highest BCUT2D eigenvalue weighted by molar-refractivity contribution is 7.80. The van der Waals surface area contributed by atoms with Gasteiger partial charge < -0.3 is 10.6 Å². The first-order valence-electron chi connectivity index (χ1n) is 5.96. The summed E-state index contributed by atoms with van der Waals surface area (Å²) in [5.41, 5.74) is 5.00. The summed E-state index contributed by atoms with van der Waals surface area (Å²) in [6.07, 6.45) is 1.59. The van der Waals surface area contributed by atoms with Gasteiger partial charge in [-0.25, -0.2) is 0 Å². The van der Waals surface area contributed by atoms with E-state index >= 15 is 0 Å². The van der Waals surface area contributed by atoms with Gasteiger partial charge in [0, 0.05) is 12.6 Å². The normalized spacial score (nSPS) is 16.3. The highest BCUT2D eigenvalue weighted by Crippen LogP contribution is 2.26. The van der Waals surface area contributed by atoms with Gasteiger partial charge in [-0.1, -0.05) is 26.1 Å². The first kappa shape index (κ1) is 15.4. The lowest BCUT2D eigenvalue weighted by molar-refractivity contribution is -0.139. The van der Waals surface area contributed by atoms with E-state index in [4.69, 9.17) is 18.0 Å². The number of carbonyl (C=O) groups excluding carboxylic acids is 1. The van der Waals surface area contributed by atoms with Crippen molar-refractivity contribution in [3.05, 3.63) is 0 Å². The van der Waals surface area contributed by atoms with E-state index in [2.05, 4.69) is 13.8 Å². The third-order valence-corrected chi connectivity index (χ3v) is 3.90. The van der Waals surface area contributed by atoms with Crippen LogP contribution in [0.4, 0.5) is 0 Å². The Morgan fingerprint density at radius 2 is 1.94 bits per heavy atom. The van der Waals surface area contributed by atoms with Gasteiger partial charge in [-0.3, -0.25) is 4.79 Å². The third-order valence-electron chi connectivity index (χ3n) is 3.45. The van der Waals surface area contributed by atoms with E-state index in [9.17, 15) is 4.79 Å². The predicted molar refractivity (Wildman–Crippen MR) is 72.3 cm³/mol. The van der Waals surface area contributed by atoms with E-state index < -0.39 is 5.41 Å². The summed E-state index contributed by atoms with van der Waals surface area (Å²) >= 11 is 5.03. The van der Waals surface area contributed by atoms with Crippen LogP contribution in [0.5, 0.6) is 0 Å². The molecule has 0 aliphatic rings. The van der Waals surface area contributed by atoms with Gasteiger partial charge >= 0.3 is 0 Å². The Labute approximate surface area is 104 Å². The van der Waals surface area contributed by atoms with Crippen molar-refractivity contribution in [3.63, 3.8) is 0 Å². The summed E-state index contributed by atoms with van der Waals surface area (Å²) in [5, 5.41) is 0. The van der Waals surface area contributed by atoms with Crippen molar-refractivity contribution < 1.29 is 4.79 Å². The van der Waals surface area contributed by atoms with Gasteiger partial charge in [-0.2, -0.15) is 0 Å². The lowest BCUT2D eigenvalue weighted by atomic mass is 9.85. The standard InChI is InChI=1S/C12H24N2OS/c1-6-9(4)14(8-3)11(15)12(5,7-2)10(13)16/h9H,6-8H2,1-5H3,(H2,13,16). The van der Waals surface area contributed by atoms with Crippen molar-refractivity contribution in [2.24, 2.45) is 11.1 Å². The molecule has 1 amide bonds. The van der Waals surface area contributed by atoms with E-state index in [1.165, 1.54) is 0 Å². The molecule has 2 N–H and O–H groups in total. The molecule has 94 valence electrons. The number of thiocarbonyl (C=S) groups is 1. The fraction of sp³-hybridized carbons (Fsp3) is 0.833. The van der Waals surface area contributed by atoms with Crippen LogP contribution in [0.1, 0.15) is 47.5 Å². The van der Waals surface area contributed by atoms with Crippen LogP contribution in [-0.4, -0.2) is 28.4 Å². The Morgan fingerprint density at radius 1 is 1.44 bits per heavy atom. The summed E-state index contributed by atoms with van der Waals surface area (Å²) in [6, 6.07) is 0.234. The Hall–Kier alpha value is -0.640. The number of hydrogen-bond donors (Lipinski definition) is 1.